The van der Waals surface area contributed by atoms with E-state index in [2.05, 4.69) is 20.6 Å². The summed E-state index contributed by atoms with van der Waals surface area (Å²) in [5.74, 6) is 1.35. The third-order valence-corrected chi connectivity index (χ3v) is 5.68. The molecule has 2 aromatic heterocycles. The van der Waals surface area contributed by atoms with Crippen molar-refractivity contribution in [3.8, 4) is 22.8 Å². The van der Waals surface area contributed by atoms with Gasteiger partial charge in [0.25, 0.3) is 0 Å². The second kappa shape index (κ2) is 8.17. The maximum atomic E-state index is 6.45. The first kappa shape index (κ1) is 19.8. The van der Waals surface area contributed by atoms with Crippen LogP contribution in [0.1, 0.15) is 12.8 Å². The molecule has 0 spiro atoms. The number of halogens is 1. The molecule has 0 saturated heterocycles. The maximum Gasteiger partial charge on any atom is 0.171 e. The predicted octanol–water partition coefficient (Wildman–Crippen LogP) is 5.53. The predicted molar refractivity (Wildman–Crippen MR) is 128 cm³/mol. The van der Waals surface area contributed by atoms with Crippen molar-refractivity contribution < 1.29 is 4.74 Å². The van der Waals surface area contributed by atoms with E-state index in [9.17, 15) is 0 Å². The number of aryl methyl sites for hydroxylation is 1. The number of imidazole rings is 1. The van der Waals surface area contributed by atoms with Crippen LogP contribution in [-0.4, -0.2) is 25.7 Å². The van der Waals surface area contributed by atoms with Gasteiger partial charge in [0.05, 0.1) is 34.4 Å². The van der Waals surface area contributed by atoms with Crippen LogP contribution in [0.5, 0.6) is 11.5 Å². The Bertz CT molecular complexity index is 1280. The third-order valence-electron chi connectivity index (χ3n) is 5.14. The highest BCUT2D eigenvalue weighted by molar-refractivity contribution is 7.80. The van der Waals surface area contributed by atoms with Crippen molar-refractivity contribution in [3.05, 3.63) is 66.2 Å². The standard InChI is InChI=1S/C23H20ClN5OS/c1-29-13-25-12-21(29)14-2-6-17-20(10-14)26-9-8-22(17)30-16-5-7-19(18(24)11-16)28-23(31)27-15-3-4-15/h2,5-13,15H,3-4H2,1H3,(H2,27,28,31). The summed E-state index contributed by atoms with van der Waals surface area (Å²) < 4.78 is 8.12. The Hall–Kier alpha value is -3.16. The van der Waals surface area contributed by atoms with E-state index in [0.29, 0.717) is 27.7 Å². The van der Waals surface area contributed by atoms with E-state index in [-0.39, 0.29) is 0 Å². The fourth-order valence-corrected chi connectivity index (χ4v) is 3.86. The molecule has 1 aliphatic rings. The zero-order chi connectivity index (χ0) is 21.4. The van der Waals surface area contributed by atoms with Crippen molar-refractivity contribution in [3.63, 3.8) is 0 Å². The second-order valence-corrected chi connectivity index (χ2v) is 8.36. The summed E-state index contributed by atoms with van der Waals surface area (Å²) in [7, 11) is 1.97. The van der Waals surface area contributed by atoms with Gasteiger partial charge >= 0.3 is 0 Å². The Morgan fingerprint density at radius 3 is 2.81 bits per heavy atom. The molecule has 0 aliphatic heterocycles. The lowest BCUT2D eigenvalue weighted by atomic mass is 10.1. The van der Waals surface area contributed by atoms with E-state index in [1.807, 2.05) is 54.2 Å². The van der Waals surface area contributed by atoms with Gasteiger partial charge in [0, 0.05) is 36.3 Å². The number of anilines is 1. The molecule has 1 saturated carbocycles. The molecule has 2 heterocycles. The number of thiocarbonyl (C=S) groups is 1. The molecule has 0 unspecified atom stereocenters. The van der Waals surface area contributed by atoms with Crippen molar-refractivity contribution in [2.75, 3.05) is 5.32 Å². The van der Waals surface area contributed by atoms with Crippen LogP contribution in [0, 0.1) is 0 Å². The zero-order valence-electron chi connectivity index (χ0n) is 16.8. The molecular formula is C23H20ClN5OS. The minimum atomic E-state index is 0.486. The molecule has 2 N–H and O–H groups in total. The van der Waals surface area contributed by atoms with Gasteiger partial charge in [0.2, 0.25) is 0 Å². The largest absolute Gasteiger partial charge is 0.457 e. The minimum absolute atomic E-state index is 0.486. The summed E-state index contributed by atoms with van der Waals surface area (Å²) in [6.45, 7) is 0. The number of hydrogen-bond acceptors (Lipinski definition) is 4. The Labute approximate surface area is 190 Å². The first-order chi connectivity index (χ1) is 15.1. The summed E-state index contributed by atoms with van der Waals surface area (Å²) in [6.07, 6.45) is 7.68. The molecule has 6 nitrogen and oxygen atoms in total. The Balaban J connectivity index is 1.38. The van der Waals surface area contributed by atoms with Crippen LogP contribution < -0.4 is 15.4 Å². The summed E-state index contributed by atoms with van der Waals surface area (Å²) in [5.41, 5.74) is 3.66. The number of aromatic nitrogens is 3. The number of benzene rings is 2. The number of pyridine rings is 1. The average molecular weight is 450 g/mol. The Morgan fingerprint density at radius 2 is 2.06 bits per heavy atom. The van der Waals surface area contributed by atoms with Gasteiger partial charge in [-0.2, -0.15) is 0 Å². The van der Waals surface area contributed by atoms with E-state index in [1.165, 1.54) is 0 Å². The number of rotatable bonds is 5. The summed E-state index contributed by atoms with van der Waals surface area (Å²) in [5, 5.41) is 8.42. The fourth-order valence-electron chi connectivity index (χ4n) is 3.36. The van der Waals surface area contributed by atoms with Crippen LogP contribution in [0.3, 0.4) is 0 Å². The van der Waals surface area contributed by atoms with E-state index in [1.54, 1.807) is 18.6 Å². The van der Waals surface area contributed by atoms with Gasteiger partial charge in [-0.3, -0.25) is 4.98 Å². The van der Waals surface area contributed by atoms with Gasteiger partial charge in [0.15, 0.2) is 5.11 Å². The molecular weight excluding hydrogens is 430 g/mol. The number of nitrogens with one attached hydrogen (secondary N) is 2. The van der Waals surface area contributed by atoms with Gasteiger partial charge < -0.3 is 19.9 Å². The third kappa shape index (κ3) is 4.33. The zero-order valence-corrected chi connectivity index (χ0v) is 18.4. The topological polar surface area (TPSA) is 64.0 Å². The van der Waals surface area contributed by atoms with Gasteiger partial charge in [-0.15, -0.1) is 0 Å². The molecule has 156 valence electrons. The van der Waals surface area contributed by atoms with Gasteiger partial charge in [-0.25, -0.2) is 4.98 Å². The van der Waals surface area contributed by atoms with E-state index in [0.717, 1.165) is 40.7 Å². The normalized spacial score (nSPS) is 13.2. The summed E-state index contributed by atoms with van der Waals surface area (Å²) in [4.78, 5) is 8.70. The van der Waals surface area contributed by atoms with Crippen LogP contribution in [0.25, 0.3) is 22.2 Å². The highest BCUT2D eigenvalue weighted by Gasteiger charge is 2.22. The Kier molecular flexibility index (Phi) is 5.21. The molecule has 0 atom stereocenters. The molecule has 5 rings (SSSR count). The number of fused-ring (bicyclic) bond motifs is 1. The highest BCUT2D eigenvalue weighted by atomic mass is 35.5. The first-order valence-electron chi connectivity index (χ1n) is 9.97. The molecule has 4 aromatic rings. The van der Waals surface area contributed by atoms with Crippen molar-refractivity contribution >= 4 is 45.5 Å². The molecule has 0 amide bonds. The number of ether oxygens (including phenoxy) is 1. The minimum Gasteiger partial charge on any atom is -0.457 e. The van der Waals surface area contributed by atoms with Crippen molar-refractivity contribution in [1.29, 1.82) is 0 Å². The van der Waals surface area contributed by atoms with Crippen LogP contribution in [0.15, 0.2) is 61.2 Å². The molecule has 31 heavy (non-hydrogen) atoms. The van der Waals surface area contributed by atoms with Crippen molar-refractivity contribution in [2.24, 2.45) is 7.05 Å². The quantitative estimate of drug-likeness (QED) is 0.390. The number of hydrogen-bond donors (Lipinski definition) is 2. The molecule has 0 radical (unpaired) electrons. The van der Waals surface area contributed by atoms with Gasteiger partial charge in [0.1, 0.15) is 11.5 Å². The summed E-state index contributed by atoms with van der Waals surface area (Å²) >= 11 is 11.8. The molecule has 1 fully saturated rings. The van der Waals surface area contributed by atoms with E-state index < -0.39 is 0 Å². The van der Waals surface area contributed by atoms with Gasteiger partial charge in [-0.05, 0) is 55.4 Å². The van der Waals surface area contributed by atoms with E-state index >= 15 is 0 Å². The molecule has 8 heteroatoms. The maximum absolute atomic E-state index is 6.45. The van der Waals surface area contributed by atoms with Crippen LogP contribution in [-0.2, 0) is 7.05 Å². The first-order valence-corrected chi connectivity index (χ1v) is 10.8. The fraction of sp³-hybridized carbons (Fsp3) is 0.174. The van der Waals surface area contributed by atoms with Crippen molar-refractivity contribution in [2.45, 2.75) is 18.9 Å². The SMILES string of the molecule is Cn1cncc1-c1ccc2c(Oc3ccc(NC(=S)NC4CC4)c(Cl)c3)ccnc2c1. The van der Waals surface area contributed by atoms with Gasteiger partial charge in [-0.1, -0.05) is 17.7 Å². The van der Waals surface area contributed by atoms with Crippen LogP contribution in [0.4, 0.5) is 5.69 Å². The summed E-state index contributed by atoms with van der Waals surface area (Å²) in [6, 6.07) is 13.9. The lowest BCUT2D eigenvalue weighted by molar-refractivity contribution is 0.488. The highest BCUT2D eigenvalue weighted by Crippen LogP contribution is 2.34. The van der Waals surface area contributed by atoms with Crippen LogP contribution in [0.2, 0.25) is 5.02 Å². The van der Waals surface area contributed by atoms with Crippen molar-refractivity contribution in [1.82, 2.24) is 19.9 Å². The monoisotopic (exact) mass is 449 g/mol. The van der Waals surface area contributed by atoms with Crippen LogP contribution >= 0.6 is 23.8 Å². The smallest absolute Gasteiger partial charge is 0.171 e. The second-order valence-electron chi connectivity index (χ2n) is 7.55. The van der Waals surface area contributed by atoms with E-state index in [4.69, 9.17) is 28.6 Å². The number of nitrogens with zero attached hydrogens (tertiary/aromatic N) is 3. The molecule has 2 aromatic carbocycles. The molecule has 0 bridgehead atoms. The molecule has 1 aliphatic carbocycles. The average Bonchev–Trinajstić information content (AvgIpc) is 3.46. The lowest BCUT2D eigenvalue weighted by Gasteiger charge is -2.13. The lowest BCUT2D eigenvalue weighted by Crippen LogP contribution is -2.30. The Morgan fingerprint density at radius 1 is 1.19 bits per heavy atom.